The van der Waals surface area contributed by atoms with Crippen LogP contribution in [0.25, 0.3) is 11.5 Å². The standard InChI is InChI=1S/C16H11F3N2O3/c17-16(18,19)12-7-5-10(6-8-12)14-20-21(15(23)24-14)9-11-3-1-2-4-13(11)22/h1-8,22H,9H2. The van der Waals surface area contributed by atoms with Crippen molar-refractivity contribution in [2.75, 3.05) is 0 Å². The van der Waals surface area contributed by atoms with Crippen molar-refractivity contribution < 1.29 is 22.7 Å². The molecule has 124 valence electrons. The Balaban J connectivity index is 1.89. The fraction of sp³-hybridized carbons (Fsp3) is 0.125. The molecule has 0 atom stereocenters. The zero-order valence-electron chi connectivity index (χ0n) is 12.1. The van der Waals surface area contributed by atoms with E-state index in [9.17, 15) is 23.1 Å². The first-order chi connectivity index (χ1) is 11.3. The number of para-hydroxylation sites is 1. The summed E-state index contributed by atoms with van der Waals surface area (Å²) in [6, 6.07) is 10.5. The van der Waals surface area contributed by atoms with Crippen LogP contribution in [0.4, 0.5) is 13.2 Å². The summed E-state index contributed by atoms with van der Waals surface area (Å²) in [6.45, 7) is -0.0182. The summed E-state index contributed by atoms with van der Waals surface area (Å²) in [5.74, 6) is -0.860. The van der Waals surface area contributed by atoms with Gasteiger partial charge in [0.25, 0.3) is 0 Å². The lowest BCUT2D eigenvalue weighted by atomic mass is 10.1. The number of nitrogens with zero attached hydrogens (tertiary/aromatic N) is 2. The Morgan fingerprint density at radius 3 is 2.38 bits per heavy atom. The zero-order chi connectivity index (χ0) is 17.3. The minimum absolute atomic E-state index is 0.00322. The van der Waals surface area contributed by atoms with E-state index < -0.39 is 17.5 Å². The molecule has 0 aliphatic carbocycles. The first kappa shape index (κ1) is 15.9. The molecule has 0 aliphatic rings. The molecule has 3 rings (SSSR count). The number of hydrogen-bond donors (Lipinski definition) is 1. The minimum Gasteiger partial charge on any atom is -0.508 e. The predicted octanol–water partition coefficient (Wildman–Crippen LogP) is 3.28. The van der Waals surface area contributed by atoms with Gasteiger partial charge in [0.15, 0.2) is 0 Å². The molecule has 8 heteroatoms. The van der Waals surface area contributed by atoms with Crippen LogP contribution in [0.5, 0.6) is 5.75 Å². The van der Waals surface area contributed by atoms with E-state index in [-0.39, 0.29) is 23.7 Å². The van der Waals surface area contributed by atoms with Crippen molar-refractivity contribution in [1.29, 1.82) is 0 Å². The molecule has 0 unspecified atom stereocenters. The Labute approximate surface area is 133 Å². The number of benzene rings is 2. The molecule has 3 aromatic rings. The van der Waals surface area contributed by atoms with Gasteiger partial charge in [0, 0.05) is 11.1 Å². The van der Waals surface area contributed by atoms with E-state index in [1.807, 2.05) is 0 Å². The van der Waals surface area contributed by atoms with Crippen LogP contribution in [0.15, 0.2) is 57.7 Å². The number of phenols is 1. The second-order valence-corrected chi connectivity index (χ2v) is 5.03. The molecule has 0 saturated carbocycles. The highest BCUT2D eigenvalue weighted by Gasteiger charge is 2.30. The third kappa shape index (κ3) is 3.17. The summed E-state index contributed by atoms with van der Waals surface area (Å²) in [6.07, 6.45) is -4.44. The summed E-state index contributed by atoms with van der Waals surface area (Å²) in [5, 5.41) is 13.7. The van der Waals surface area contributed by atoms with Crippen LogP contribution in [-0.2, 0) is 12.7 Å². The molecule has 0 radical (unpaired) electrons. The number of aromatic nitrogens is 2. The normalized spacial score (nSPS) is 11.6. The molecule has 1 aromatic heterocycles. The van der Waals surface area contributed by atoms with Crippen LogP contribution < -0.4 is 5.76 Å². The third-order valence-corrected chi connectivity index (χ3v) is 3.38. The van der Waals surface area contributed by atoms with Gasteiger partial charge in [0.1, 0.15) is 5.75 Å². The number of hydrogen-bond acceptors (Lipinski definition) is 4. The number of aromatic hydroxyl groups is 1. The molecular formula is C16H11F3N2O3. The van der Waals surface area contributed by atoms with E-state index >= 15 is 0 Å². The van der Waals surface area contributed by atoms with Crippen molar-refractivity contribution in [2.45, 2.75) is 12.7 Å². The summed E-state index contributed by atoms with van der Waals surface area (Å²) < 4.78 is 43.6. The van der Waals surface area contributed by atoms with Gasteiger partial charge in [0.05, 0.1) is 12.1 Å². The first-order valence-corrected chi connectivity index (χ1v) is 6.87. The van der Waals surface area contributed by atoms with E-state index in [1.165, 1.54) is 18.2 Å². The molecule has 0 fully saturated rings. The number of alkyl halides is 3. The molecular weight excluding hydrogens is 325 g/mol. The van der Waals surface area contributed by atoms with Crippen LogP contribution in [0.1, 0.15) is 11.1 Å². The summed E-state index contributed by atoms with van der Waals surface area (Å²) in [5.41, 5.74) is -0.0924. The summed E-state index contributed by atoms with van der Waals surface area (Å²) in [4.78, 5) is 11.8. The molecule has 5 nitrogen and oxygen atoms in total. The van der Waals surface area contributed by atoms with Gasteiger partial charge >= 0.3 is 11.9 Å². The molecule has 1 heterocycles. The maximum Gasteiger partial charge on any atom is 0.437 e. The Hall–Kier alpha value is -3.03. The monoisotopic (exact) mass is 336 g/mol. The predicted molar refractivity (Wildman–Crippen MR) is 78.4 cm³/mol. The van der Waals surface area contributed by atoms with Gasteiger partial charge in [0.2, 0.25) is 5.89 Å². The molecule has 2 aromatic carbocycles. The highest BCUT2D eigenvalue weighted by Crippen LogP contribution is 2.30. The maximum atomic E-state index is 12.6. The lowest BCUT2D eigenvalue weighted by molar-refractivity contribution is -0.137. The van der Waals surface area contributed by atoms with Crippen molar-refractivity contribution in [2.24, 2.45) is 0 Å². The van der Waals surface area contributed by atoms with Gasteiger partial charge in [-0.1, -0.05) is 18.2 Å². The van der Waals surface area contributed by atoms with Crippen LogP contribution in [0.2, 0.25) is 0 Å². The Morgan fingerprint density at radius 2 is 1.75 bits per heavy atom. The number of rotatable bonds is 3. The van der Waals surface area contributed by atoms with Crippen LogP contribution >= 0.6 is 0 Å². The fourth-order valence-corrected chi connectivity index (χ4v) is 2.13. The van der Waals surface area contributed by atoms with Crippen LogP contribution in [-0.4, -0.2) is 14.9 Å². The van der Waals surface area contributed by atoms with Gasteiger partial charge in [-0.2, -0.15) is 17.9 Å². The summed E-state index contributed by atoms with van der Waals surface area (Å²) >= 11 is 0. The molecule has 0 bridgehead atoms. The SMILES string of the molecule is O=c1oc(-c2ccc(C(F)(F)F)cc2)nn1Cc1ccccc1O. The third-order valence-electron chi connectivity index (χ3n) is 3.38. The van der Waals surface area contributed by atoms with Crippen LogP contribution in [0.3, 0.4) is 0 Å². The molecule has 0 saturated heterocycles. The van der Waals surface area contributed by atoms with E-state index in [0.717, 1.165) is 16.8 Å². The topological polar surface area (TPSA) is 68.3 Å². The van der Waals surface area contributed by atoms with E-state index in [2.05, 4.69) is 5.10 Å². The highest BCUT2D eigenvalue weighted by atomic mass is 19.4. The van der Waals surface area contributed by atoms with E-state index in [4.69, 9.17) is 4.42 Å². The second-order valence-electron chi connectivity index (χ2n) is 5.03. The zero-order valence-corrected chi connectivity index (χ0v) is 12.1. The van der Waals surface area contributed by atoms with E-state index in [1.54, 1.807) is 18.2 Å². The van der Waals surface area contributed by atoms with Crippen molar-refractivity contribution in [3.05, 3.63) is 70.2 Å². The summed E-state index contributed by atoms with van der Waals surface area (Å²) in [7, 11) is 0. The number of halogens is 3. The highest BCUT2D eigenvalue weighted by molar-refractivity contribution is 5.53. The molecule has 0 aliphatic heterocycles. The lowest BCUT2D eigenvalue weighted by Crippen LogP contribution is -2.16. The molecule has 0 amide bonds. The van der Waals surface area contributed by atoms with Gasteiger partial charge in [-0.15, -0.1) is 5.10 Å². The fourth-order valence-electron chi connectivity index (χ4n) is 2.13. The average molecular weight is 336 g/mol. The van der Waals surface area contributed by atoms with Crippen molar-refractivity contribution in [1.82, 2.24) is 9.78 Å². The first-order valence-electron chi connectivity index (χ1n) is 6.87. The number of phenolic OH excluding ortho intramolecular Hbond substituents is 1. The lowest BCUT2D eigenvalue weighted by Gasteiger charge is -2.05. The van der Waals surface area contributed by atoms with Gasteiger partial charge in [-0.3, -0.25) is 0 Å². The quantitative estimate of drug-likeness (QED) is 0.797. The van der Waals surface area contributed by atoms with Gasteiger partial charge < -0.3 is 9.52 Å². The van der Waals surface area contributed by atoms with Crippen LogP contribution in [0, 0.1) is 0 Å². The van der Waals surface area contributed by atoms with Crippen molar-refractivity contribution in [3.8, 4) is 17.2 Å². The minimum atomic E-state index is -4.44. The van der Waals surface area contributed by atoms with Gasteiger partial charge in [-0.25, -0.2) is 4.79 Å². The second kappa shape index (κ2) is 5.88. The van der Waals surface area contributed by atoms with Crippen molar-refractivity contribution in [3.63, 3.8) is 0 Å². The molecule has 0 spiro atoms. The van der Waals surface area contributed by atoms with Crippen molar-refractivity contribution >= 4 is 0 Å². The van der Waals surface area contributed by atoms with E-state index in [0.29, 0.717) is 5.56 Å². The smallest absolute Gasteiger partial charge is 0.437 e. The maximum absolute atomic E-state index is 12.6. The van der Waals surface area contributed by atoms with Gasteiger partial charge in [-0.05, 0) is 30.3 Å². The largest absolute Gasteiger partial charge is 0.508 e. The average Bonchev–Trinajstić information content (AvgIpc) is 2.90. The Morgan fingerprint density at radius 1 is 1.08 bits per heavy atom. The molecule has 1 N–H and O–H groups in total. The Kier molecular flexibility index (Phi) is 3.88. The molecule has 24 heavy (non-hydrogen) atoms. The Bertz CT molecular complexity index is 911.